The van der Waals surface area contributed by atoms with Gasteiger partial charge in [-0.05, 0) is 43.9 Å². The number of benzene rings is 1. The number of aryl methyl sites for hydroxylation is 1. The number of piperidine rings is 1. The topological polar surface area (TPSA) is 107 Å². The molecular formula is C13H20ClN3O4S. The van der Waals surface area contributed by atoms with Crippen LogP contribution in [0, 0.1) is 23.0 Å². The predicted molar refractivity (Wildman–Crippen MR) is 85.6 cm³/mol. The van der Waals surface area contributed by atoms with Crippen molar-refractivity contribution in [3.8, 4) is 0 Å². The van der Waals surface area contributed by atoms with Crippen LogP contribution < -0.4 is 5.73 Å². The third-order valence-corrected chi connectivity index (χ3v) is 5.83. The van der Waals surface area contributed by atoms with Gasteiger partial charge in [0.1, 0.15) is 0 Å². The van der Waals surface area contributed by atoms with E-state index in [1.165, 1.54) is 22.5 Å². The third kappa shape index (κ3) is 3.75. The summed E-state index contributed by atoms with van der Waals surface area (Å²) in [4.78, 5) is 10.3. The van der Waals surface area contributed by atoms with E-state index in [4.69, 9.17) is 5.73 Å². The Hall–Kier alpha value is -1.22. The Labute approximate surface area is 136 Å². The van der Waals surface area contributed by atoms with Crippen molar-refractivity contribution in [2.75, 3.05) is 19.6 Å². The van der Waals surface area contributed by atoms with Crippen LogP contribution in [0.2, 0.25) is 0 Å². The minimum atomic E-state index is -3.62. The van der Waals surface area contributed by atoms with Crippen LogP contribution in [-0.4, -0.2) is 37.3 Å². The number of nitrogens with two attached hydrogens (primary N) is 1. The van der Waals surface area contributed by atoms with Crippen LogP contribution in [0.3, 0.4) is 0 Å². The first kappa shape index (κ1) is 18.8. The molecule has 1 aliphatic rings. The number of nitrogens with zero attached hydrogens (tertiary/aromatic N) is 2. The van der Waals surface area contributed by atoms with Crippen LogP contribution >= 0.6 is 12.4 Å². The molecule has 9 heteroatoms. The average molecular weight is 350 g/mol. The second-order valence-electron chi connectivity index (χ2n) is 5.31. The van der Waals surface area contributed by atoms with E-state index in [0.717, 1.165) is 12.8 Å². The van der Waals surface area contributed by atoms with E-state index in [0.29, 0.717) is 25.2 Å². The molecule has 0 saturated carbocycles. The van der Waals surface area contributed by atoms with E-state index in [-0.39, 0.29) is 28.9 Å². The largest absolute Gasteiger partial charge is 0.330 e. The maximum absolute atomic E-state index is 12.7. The molecule has 1 atom stereocenters. The molecule has 2 rings (SSSR count). The molecule has 1 fully saturated rings. The van der Waals surface area contributed by atoms with Gasteiger partial charge in [0.25, 0.3) is 5.69 Å². The third-order valence-electron chi connectivity index (χ3n) is 3.80. The smallest absolute Gasteiger partial charge is 0.269 e. The van der Waals surface area contributed by atoms with Crippen LogP contribution in [0.15, 0.2) is 23.1 Å². The van der Waals surface area contributed by atoms with Crippen LogP contribution in [0.1, 0.15) is 18.4 Å². The molecule has 22 heavy (non-hydrogen) atoms. The van der Waals surface area contributed by atoms with E-state index in [1.54, 1.807) is 6.92 Å². The molecule has 0 aliphatic carbocycles. The van der Waals surface area contributed by atoms with Gasteiger partial charge in [0.2, 0.25) is 10.0 Å². The second kappa shape index (κ2) is 7.36. The van der Waals surface area contributed by atoms with Gasteiger partial charge in [-0.25, -0.2) is 8.42 Å². The molecule has 1 heterocycles. The molecule has 0 spiro atoms. The molecule has 1 aliphatic heterocycles. The minimum Gasteiger partial charge on any atom is -0.330 e. The number of sulfonamides is 1. The zero-order chi connectivity index (χ0) is 15.6. The van der Waals surface area contributed by atoms with Crippen LogP contribution in [0.25, 0.3) is 0 Å². The Morgan fingerprint density at radius 1 is 1.45 bits per heavy atom. The minimum absolute atomic E-state index is 0. The fraction of sp³-hybridized carbons (Fsp3) is 0.538. The summed E-state index contributed by atoms with van der Waals surface area (Å²) in [5.74, 6) is 0.173. The van der Waals surface area contributed by atoms with Crippen molar-refractivity contribution < 1.29 is 13.3 Å². The van der Waals surface area contributed by atoms with E-state index >= 15 is 0 Å². The highest BCUT2D eigenvalue weighted by atomic mass is 35.5. The van der Waals surface area contributed by atoms with Crippen molar-refractivity contribution in [3.05, 3.63) is 33.9 Å². The van der Waals surface area contributed by atoms with Crippen LogP contribution in [0.5, 0.6) is 0 Å². The Bertz CT molecular complexity index is 651. The number of halogens is 1. The van der Waals surface area contributed by atoms with E-state index in [2.05, 4.69) is 0 Å². The van der Waals surface area contributed by atoms with Crippen molar-refractivity contribution in [1.82, 2.24) is 4.31 Å². The van der Waals surface area contributed by atoms with E-state index in [9.17, 15) is 18.5 Å². The summed E-state index contributed by atoms with van der Waals surface area (Å²) in [6.07, 6.45) is 1.72. The number of non-ortho nitro benzene ring substituents is 1. The van der Waals surface area contributed by atoms with Gasteiger partial charge in [-0.15, -0.1) is 12.4 Å². The lowest BCUT2D eigenvalue weighted by atomic mass is 10.0. The van der Waals surface area contributed by atoms with Crippen LogP contribution in [-0.2, 0) is 10.0 Å². The van der Waals surface area contributed by atoms with Gasteiger partial charge in [0.05, 0.1) is 9.82 Å². The molecular weight excluding hydrogens is 330 g/mol. The van der Waals surface area contributed by atoms with Crippen molar-refractivity contribution in [2.45, 2.75) is 24.7 Å². The lowest BCUT2D eigenvalue weighted by Crippen LogP contribution is -2.42. The van der Waals surface area contributed by atoms with Gasteiger partial charge < -0.3 is 5.73 Å². The molecule has 1 unspecified atom stereocenters. The van der Waals surface area contributed by atoms with Crippen molar-refractivity contribution in [3.63, 3.8) is 0 Å². The highest BCUT2D eigenvalue weighted by Crippen LogP contribution is 2.27. The normalized spacial score (nSPS) is 19.5. The lowest BCUT2D eigenvalue weighted by Gasteiger charge is -2.31. The van der Waals surface area contributed by atoms with Crippen molar-refractivity contribution >= 4 is 28.1 Å². The number of nitro benzene ring substituents is 1. The summed E-state index contributed by atoms with van der Waals surface area (Å²) in [5, 5.41) is 10.7. The molecule has 1 aromatic carbocycles. The lowest BCUT2D eigenvalue weighted by molar-refractivity contribution is -0.385. The van der Waals surface area contributed by atoms with Crippen molar-refractivity contribution in [2.24, 2.45) is 11.7 Å². The predicted octanol–water partition coefficient (Wildman–Crippen LogP) is 1.68. The fourth-order valence-electron chi connectivity index (χ4n) is 2.61. The monoisotopic (exact) mass is 349 g/mol. The fourth-order valence-corrected chi connectivity index (χ4v) is 4.37. The zero-order valence-electron chi connectivity index (χ0n) is 12.3. The molecule has 1 aromatic rings. The number of rotatable bonds is 4. The summed E-state index contributed by atoms with van der Waals surface area (Å²) in [5.41, 5.74) is 5.92. The quantitative estimate of drug-likeness (QED) is 0.657. The number of hydrogen-bond donors (Lipinski definition) is 1. The van der Waals surface area contributed by atoms with Gasteiger partial charge in [-0.3, -0.25) is 10.1 Å². The summed E-state index contributed by atoms with van der Waals surface area (Å²) < 4.78 is 26.8. The molecule has 1 saturated heterocycles. The van der Waals surface area contributed by atoms with Gasteiger partial charge in [0.15, 0.2) is 0 Å². The van der Waals surface area contributed by atoms with Gasteiger partial charge in [0, 0.05) is 25.2 Å². The first-order valence-electron chi connectivity index (χ1n) is 6.81. The van der Waals surface area contributed by atoms with Crippen LogP contribution in [0.4, 0.5) is 5.69 Å². The Morgan fingerprint density at radius 2 is 2.14 bits per heavy atom. The SMILES string of the molecule is Cc1cc([N+](=O)[O-])ccc1S(=O)(=O)N1CCCC(CN)C1.Cl. The molecule has 7 nitrogen and oxygen atoms in total. The van der Waals surface area contributed by atoms with Gasteiger partial charge >= 0.3 is 0 Å². The molecule has 0 amide bonds. The molecule has 0 radical (unpaired) electrons. The molecule has 124 valence electrons. The van der Waals surface area contributed by atoms with Gasteiger partial charge in [-0.1, -0.05) is 0 Å². The zero-order valence-corrected chi connectivity index (χ0v) is 13.9. The van der Waals surface area contributed by atoms with Crippen molar-refractivity contribution in [1.29, 1.82) is 0 Å². The molecule has 2 N–H and O–H groups in total. The first-order valence-corrected chi connectivity index (χ1v) is 8.25. The maximum atomic E-state index is 12.7. The first-order chi connectivity index (χ1) is 9.86. The maximum Gasteiger partial charge on any atom is 0.269 e. The molecule has 0 bridgehead atoms. The second-order valence-corrected chi connectivity index (χ2v) is 7.22. The average Bonchev–Trinajstić information content (AvgIpc) is 2.46. The summed E-state index contributed by atoms with van der Waals surface area (Å²) in [6.45, 7) is 2.92. The van der Waals surface area contributed by atoms with E-state index < -0.39 is 14.9 Å². The Morgan fingerprint density at radius 3 is 2.68 bits per heavy atom. The number of hydrogen-bond acceptors (Lipinski definition) is 5. The Kier molecular flexibility index (Phi) is 6.30. The standard InChI is InChI=1S/C13H19N3O4S.ClH/c1-10-7-12(16(17)18)4-5-13(10)21(19,20)15-6-2-3-11(8-14)9-15;/h4-5,7,11H,2-3,6,8-9,14H2,1H3;1H. The Balaban J connectivity index is 0.00000242. The summed E-state index contributed by atoms with van der Waals surface area (Å²) in [6, 6.07) is 3.83. The molecule has 0 aromatic heterocycles. The summed E-state index contributed by atoms with van der Waals surface area (Å²) >= 11 is 0. The highest BCUT2D eigenvalue weighted by Gasteiger charge is 2.31. The number of nitro groups is 1. The van der Waals surface area contributed by atoms with E-state index in [1.807, 2.05) is 0 Å². The highest BCUT2D eigenvalue weighted by molar-refractivity contribution is 7.89. The van der Waals surface area contributed by atoms with Gasteiger partial charge in [-0.2, -0.15) is 4.31 Å². The summed E-state index contributed by atoms with van der Waals surface area (Å²) in [7, 11) is -3.62.